The Kier molecular flexibility index (Phi) is 5.73. The smallest absolute Gasteiger partial charge is 0.312 e. The van der Waals surface area contributed by atoms with Crippen LogP contribution in [0.15, 0.2) is 48.9 Å². The van der Waals surface area contributed by atoms with Gasteiger partial charge in [0.15, 0.2) is 5.69 Å². The molecule has 1 N–H and O–H groups in total. The van der Waals surface area contributed by atoms with E-state index in [0.29, 0.717) is 28.6 Å². The van der Waals surface area contributed by atoms with Crippen LogP contribution in [0.1, 0.15) is 27.4 Å². The van der Waals surface area contributed by atoms with Crippen molar-refractivity contribution in [3.63, 3.8) is 0 Å². The lowest BCUT2D eigenvalue weighted by Crippen LogP contribution is -2.16. The van der Waals surface area contributed by atoms with Gasteiger partial charge in [-0.15, -0.1) is 0 Å². The molecule has 3 heterocycles. The lowest BCUT2D eigenvalue weighted by Gasteiger charge is -2.07. The molecule has 0 unspecified atom stereocenters. The maximum atomic E-state index is 12.6. The van der Waals surface area contributed by atoms with Crippen molar-refractivity contribution in [2.24, 2.45) is 0 Å². The van der Waals surface area contributed by atoms with Crippen molar-refractivity contribution >= 4 is 28.9 Å². The van der Waals surface area contributed by atoms with Crippen LogP contribution in [0.25, 0.3) is 0 Å². The Hall–Kier alpha value is -3.99. The molecule has 4 aromatic rings. The lowest BCUT2D eigenvalue weighted by atomic mass is 10.2. The molecule has 0 bridgehead atoms. The van der Waals surface area contributed by atoms with E-state index in [0.717, 1.165) is 5.56 Å². The molecule has 3 aromatic heterocycles. The molecule has 0 fully saturated rings. The number of benzene rings is 1. The maximum absolute atomic E-state index is 12.6. The number of rotatable bonds is 7. The first-order valence-electron chi connectivity index (χ1n) is 9.60. The minimum absolute atomic E-state index is 0.0209. The monoisotopic (exact) mass is 454 g/mol. The topological polar surface area (TPSA) is 126 Å². The summed E-state index contributed by atoms with van der Waals surface area (Å²) in [7, 11) is 0. The molecule has 0 aliphatic carbocycles. The summed E-state index contributed by atoms with van der Waals surface area (Å²) in [4.78, 5) is 23.3. The fraction of sp³-hybridized carbons (Fsp3) is 0.200. The number of nitrogens with one attached hydrogen (secondary N) is 1. The van der Waals surface area contributed by atoms with E-state index in [1.807, 2.05) is 18.2 Å². The summed E-state index contributed by atoms with van der Waals surface area (Å²) in [5, 5.41) is 27.2. The van der Waals surface area contributed by atoms with E-state index in [-0.39, 0.29) is 24.0 Å². The average Bonchev–Trinajstić information content (AvgIpc) is 3.42. The van der Waals surface area contributed by atoms with Crippen molar-refractivity contribution < 1.29 is 9.72 Å². The summed E-state index contributed by atoms with van der Waals surface area (Å²) in [5.41, 5.74) is 2.51. The highest BCUT2D eigenvalue weighted by Crippen LogP contribution is 2.21. The largest absolute Gasteiger partial charge is 0.321 e. The van der Waals surface area contributed by atoms with E-state index in [1.54, 1.807) is 49.3 Å². The highest BCUT2D eigenvalue weighted by atomic mass is 35.5. The predicted molar refractivity (Wildman–Crippen MR) is 117 cm³/mol. The van der Waals surface area contributed by atoms with Crippen molar-refractivity contribution in [2.45, 2.75) is 27.1 Å². The number of hydrogen-bond donors (Lipinski definition) is 1. The molecule has 0 aliphatic heterocycles. The molecule has 4 rings (SSSR count). The molecule has 164 valence electrons. The summed E-state index contributed by atoms with van der Waals surface area (Å²) in [5.74, 6) is -0.373. The molecule has 0 atom stereocenters. The molecule has 0 saturated heterocycles. The number of amides is 1. The van der Waals surface area contributed by atoms with Gasteiger partial charge in [-0.05, 0) is 37.6 Å². The van der Waals surface area contributed by atoms with Crippen molar-refractivity contribution in [2.75, 3.05) is 5.32 Å². The van der Waals surface area contributed by atoms with E-state index in [9.17, 15) is 14.9 Å². The van der Waals surface area contributed by atoms with Crippen LogP contribution in [0.3, 0.4) is 0 Å². The molecule has 0 spiro atoms. The van der Waals surface area contributed by atoms with Gasteiger partial charge in [0, 0.05) is 18.1 Å². The molecule has 1 aromatic carbocycles. The van der Waals surface area contributed by atoms with Gasteiger partial charge in [-0.25, -0.2) is 4.68 Å². The first kappa shape index (κ1) is 21.2. The van der Waals surface area contributed by atoms with Crippen molar-refractivity contribution in [3.8, 4) is 0 Å². The molecule has 32 heavy (non-hydrogen) atoms. The third kappa shape index (κ3) is 4.52. The molecule has 0 saturated carbocycles. The number of anilines is 1. The van der Waals surface area contributed by atoms with Crippen molar-refractivity contribution in [1.29, 1.82) is 0 Å². The van der Waals surface area contributed by atoms with Crippen molar-refractivity contribution in [1.82, 2.24) is 29.3 Å². The Morgan fingerprint density at radius 3 is 2.72 bits per heavy atom. The number of hydrogen-bond acceptors (Lipinski definition) is 6. The highest BCUT2D eigenvalue weighted by Gasteiger charge is 2.22. The first-order valence-corrected chi connectivity index (χ1v) is 9.98. The van der Waals surface area contributed by atoms with Gasteiger partial charge < -0.3 is 5.32 Å². The van der Waals surface area contributed by atoms with Crippen LogP contribution in [0.2, 0.25) is 5.02 Å². The van der Waals surface area contributed by atoms with Crippen LogP contribution in [0, 0.1) is 24.0 Å². The minimum Gasteiger partial charge on any atom is -0.321 e. The molecule has 0 aliphatic rings. The summed E-state index contributed by atoms with van der Waals surface area (Å²) < 4.78 is 4.68. The number of carbonyl (C=O) groups excluding carboxylic acids is 1. The van der Waals surface area contributed by atoms with Gasteiger partial charge in [-0.2, -0.15) is 15.3 Å². The quantitative estimate of drug-likeness (QED) is 0.337. The molecule has 12 heteroatoms. The predicted octanol–water partition coefficient (Wildman–Crippen LogP) is 3.26. The maximum Gasteiger partial charge on any atom is 0.312 e. The van der Waals surface area contributed by atoms with Gasteiger partial charge in [0.2, 0.25) is 0 Å². The Balaban J connectivity index is 1.44. The van der Waals surface area contributed by atoms with Gasteiger partial charge in [-0.3, -0.25) is 24.3 Å². The second-order valence-corrected chi connectivity index (χ2v) is 7.61. The third-order valence-electron chi connectivity index (χ3n) is 4.81. The number of aromatic nitrogens is 6. The van der Waals surface area contributed by atoms with E-state index in [4.69, 9.17) is 11.6 Å². The third-order valence-corrected chi connectivity index (χ3v) is 5.00. The SMILES string of the molecule is Cc1nn(Cn2ccc(C(=O)Nc3cccc(Cn4cc(Cl)cn4)c3)n2)c(C)c1[N+](=O)[O-]. The highest BCUT2D eigenvalue weighted by molar-refractivity contribution is 6.30. The fourth-order valence-electron chi connectivity index (χ4n) is 3.34. The zero-order valence-corrected chi connectivity index (χ0v) is 18.0. The number of carbonyl (C=O) groups is 1. The van der Waals surface area contributed by atoms with E-state index in [1.165, 1.54) is 9.36 Å². The van der Waals surface area contributed by atoms with Crippen LogP contribution >= 0.6 is 11.6 Å². The lowest BCUT2D eigenvalue weighted by molar-refractivity contribution is -0.386. The standard InChI is InChI=1S/C20H19ClN8O3/c1-13-19(29(31)32)14(2)28(24-13)12-26-7-6-18(25-26)20(30)23-17-5-3-4-15(8-17)10-27-11-16(21)9-22-27/h3-9,11H,10,12H2,1-2H3,(H,23,30). The summed E-state index contributed by atoms with van der Waals surface area (Å²) in [6, 6.07) is 8.96. The van der Waals surface area contributed by atoms with Gasteiger partial charge in [0.25, 0.3) is 5.91 Å². The zero-order chi connectivity index (χ0) is 22.8. The second-order valence-electron chi connectivity index (χ2n) is 7.17. The molecule has 1 amide bonds. The molecular weight excluding hydrogens is 436 g/mol. The summed E-state index contributed by atoms with van der Waals surface area (Å²) in [6.07, 6.45) is 4.90. The number of nitrogens with zero attached hydrogens (tertiary/aromatic N) is 7. The Morgan fingerprint density at radius 1 is 1.22 bits per heavy atom. The molecule has 11 nitrogen and oxygen atoms in total. The second kappa shape index (κ2) is 8.63. The minimum atomic E-state index is -0.453. The zero-order valence-electron chi connectivity index (χ0n) is 17.3. The fourth-order valence-corrected chi connectivity index (χ4v) is 3.50. The van der Waals surface area contributed by atoms with Crippen LogP contribution in [-0.4, -0.2) is 40.2 Å². The van der Waals surface area contributed by atoms with Crippen LogP contribution in [0.4, 0.5) is 11.4 Å². The van der Waals surface area contributed by atoms with E-state index >= 15 is 0 Å². The molecular formula is C20H19ClN8O3. The Morgan fingerprint density at radius 2 is 2.03 bits per heavy atom. The summed E-state index contributed by atoms with van der Waals surface area (Å²) >= 11 is 5.89. The summed E-state index contributed by atoms with van der Waals surface area (Å²) in [6.45, 7) is 3.87. The van der Waals surface area contributed by atoms with E-state index in [2.05, 4.69) is 20.6 Å². The van der Waals surface area contributed by atoms with Crippen LogP contribution in [-0.2, 0) is 13.2 Å². The number of halogens is 1. The van der Waals surface area contributed by atoms with Gasteiger partial charge in [0.05, 0.1) is 22.7 Å². The number of aryl methyl sites for hydroxylation is 1. The van der Waals surface area contributed by atoms with Crippen LogP contribution < -0.4 is 5.32 Å². The van der Waals surface area contributed by atoms with Crippen LogP contribution in [0.5, 0.6) is 0 Å². The first-order chi connectivity index (χ1) is 15.3. The number of nitro groups is 1. The Labute approximate surface area is 187 Å². The van der Waals surface area contributed by atoms with Gasteiger partial charge in [-0.1, -0.05) is 23.7 Å². The van der Waals surface area contributed by atoms with Crippen molar-refractivity contribution in [3.05, 3.63) is 86.7 Å². The van der Waals surface area contributed by atoms with Gasteiger partial charge >= 0.3 is 5.69 Å². The molecule has 0 radical (unpaired) electrons. The normalized spacial score (nSPS) is 11.0. The average molecular weight is 455 g/mol. The van der Waals surface area contributed by atoms with Gasteiger partial charge in [0.1, 0.15) is 18.1 Å². The van der Waals surface area contributed by atoms with E-state index < -0.39 is 4.92 Å². The Bertz CT molecular complexity index is 1310.